The number of nitrogens with two attached hydrogens (primary N) is 1. The number of carbonyl (C=O) groups is 2. The van der Waals surface area contributed by atoms with Gasteiger partial charge in [0, 0.05) is 51.6 Å². The first-order valence-electron chi connectivity index (χ1n) is 9.27. The van der Waals surface area contributed by atoms with Gasteiger partial charge in [0.25, 0.3) is 0 Å². The molecule has 0 unspecified atom stereocenters. The van der Waals surface area contributed by atoms with Crippen molar-refractivity contribution in [2.75, 3.05) is 57.8 Å². The van der Waals surface area contributed by atoms with Crippen LogP contribution >= 0.6 is 0 Å². The first-order chi connectivity index (χ1) is 12.6. The molecule has 26 heavy (non-hydrogen) atoms. The second kappa shape index (κ2) is 8.62. The van der Waals surface area contributed by atoms with Crippen LogP contribution in [0.5, 0.6) is 0 Å². The number of piperazine rings is 1. The molecule has 0 bridgehead atoms. The lowest BCUT2D eigenvalue weighted by Gasteiger charge is -2.42. The Labute approximate surface area is 154 Å². The fourth-order valence-corrected chi connectivity index (χ4v) is 3.64. The standard InChI is InChI=1S/C19H28N4O3/c20-15-19(6-12-26-13-7-19)18(25)23-10-8-22(9-11-23)14-17(24)21-16-4-2-1-3-5-16/h1-5H,6-15,20H2,(H,21,24). The lowest BCUT2D eigenvalue weighted by Crippen LogP contribution is -2.56. The van der Waals surface area contributed by atoms with Crippen LogP contribution in [0.4, 0.5) is 5.69 Å². The van der Waals surface area contributed by atoms with Gasteiger partial charge in [0.2, 0.25) is 11.8 Å². The maximum absolute atomic E-state index is 13.0. The van der Waals surface area contributed by atoms with E-state index in [0.717, 1.165) is 5.69 Å². The Balaban J connectivity index is 1.48. The van der Waals surface area contributed by atoms with Crippen molar-refractivity contribution in [1.29, 1.82) is 0 Å². The molecule has 2 amide bonds. The number of hydrogen-bond acceptors (Lipinski definition) is 5. The summed E-state index contributed by atoms with van der Waals surface area (Å²) in [5.41, 5.74) is 6.28. The van der Waals surface area contributed by atoms with Gasteiger partial charge in [0.05, 0.1) is 12.0 Å². The fraction of sp³-hybridized carbons (Fsp3) is 0.579. The summed E-state index contributed by atoms with van der Waals surface area (Å²) >= 11 is 0. The number of para-hydroxylation sites is 1. The van der Waals surface area contributed by atoms with Gasteiger partial charge in [-0.15, -0.1) is 0 Å². The normalized spacial score (nSPS) is 20.6. The lowest BCUT2D eigenvalue weighted by molar-refractivity contribution is -0.149. The van der Waals surface area contributed by atoms with E-state index in [1.165, 1.54) is 0 Å². The van der Waals surface area contributed by atoms with E-state index in [1.54, 1.807) is 0 Å². The van der Waals surface area contributed by atoms with E-state index in [2.05, 4.69) is 10.2 Å². The second-order valence-corrected chi connectivity index (χ2v) is 7.08. The van der Waals surface area contributed by atoms with Crippen molar-refractivity contribution in [2.45, 2.75) is 12.8 Å². The molecule has 0 saturated carbocycles. The van der Waals surface area contributed by atoms with Crippen molar-refractivity contribution in [3.8, 4) is 0 Å². The van der Waals surface area contributed by atoms with Crippen molar-refractivity contribution in [2.24, 2.45) is 11.1 Å². The third kappa shape index (κ3) is 4.41. The Hall–Kier alpha value is -1.96. The highest BCUT2D eigenvalue weighted by Crippen LogP contribution is 2.32. The minimum Gasteiger partial charge on any atom is -0.381 e. The maximum Gasteiger partial charge on any atom is 0.238 e. The Bertz CT molecular complexity index is 608. The quantitative estimate of drug-likeness (QED) is 0.800. The zero-order valence-electron chi connectivity index (χ0n) is 15.2. The molecular formula is C19H28N4O3. The zero-order chi connectivity index (χ0) is 18.4. The van der Waals surface area contributed by atoms with Gasteiger partial charge in [0.1, 0.15) is 0 Å². The van der Waals surface area contributed by atoms with E-state index < -0.39 is 5.41 Å². The van der Waals surface area contributed by atoms with Crippen LogP contribution in [0.15, 0.2) is 30.3 Å². The van der Waals surface area contributed by atoms with Crippen molar-refractivity contribution in [3.05, 3.63) is 30.3 Å². The molecule has 3 rings (SSSR count). The third-order valence-corrected chi connectivity index (χ3v) is 5.38. The van der Waals surface area contributed by atoms with E-state index in [4.69, 9.17) is 10.5 Å². The Morgan fingerprint density at radius 3 is 2.35 bits per heavy atom. The van der Waals surface area contributed by atoms with E-state index in [1.807, 2.05) is 35.2 Å². The maximum atomic E-state index is 13.0. The zero-order valence-corrected chi connectivity index (χ0v) is 15.2. The SMILES string of the molecule is NCC1(C(=O)N2CCN(CC(=O)Nc3ccccc3)CC2)CCOCC1. The molecule has 1 aromatic rings. The van der Waals surface area contributed by atoms with Crippen LogP contribution in [0, 0.1) is 5.41 Å². The molecule has 0 atom stereocenters. The van der Waals surface area contributed by atoms with Gasteiger partial charge in [-0.2, -0.15) is 0 Å². The molecule has 3 N–H and O–H groups in total. The number of amides is 2. The second-order valence-electron chi connectivity index (χ2n) is 7.08. The molecule has 142 valence electrons. The minimum atomic E-state index is -0.467. The highest BCUT2D eigenvalue weighted by Gasteiger charge is 2.42. The van der Waals surface area contributed by atoms with Gasteiger partial charge in [-0.3, -0.25) is 14.5 Å². The molecule has 2 saturated heterocycles. The molecule has 0 aliphatic carbocycles. The number of carbonyl (C=O) groups excluding carboxylic acids is 2. The predicted molar refractivity (Wildman–Crippen MR) is 99.6 cm³/mol. The average molecular weight is 360 g/mol. The van der Waals surface area contributed by atoms with E-state index >= 15 is 0 Å². The molecule has 0 aromatic heterocycles. The first-order valence-corrected chi connectivity index (χ1v) is 9.27. The molecule has 2 aliphatic rings. The van der Waals surface area contributed by atoms with Crippen LogP contribution in [0.25, 0.3) is 0 Å². The summed E-state index contributed by atoms with van der Waals surface area (Å²) in [4.78, 5) is 29.1. The Kier molecular flexibility index (Phi) is 6.24. The summed E-state index contributed by atoms with van der Waals surface area (Å²) in [6, 6.07) is 9.44. The molecular weight excluding hydrogens is 332 g/mol. The number of nitrogens with one attached hydrogen (secondary N) is 1. The minimum absolute atomic E-state index is 0.0289. The molecule has 2 heterocycles. The molecule has 7 nitrogen and oxygen atoms in total. The van der Waals surface area contributed by atoms with E-state index in [0.29, 0.717) is 65.3 Å². The van der Waals surface area contributed by atoms with Gasteiger partial charge >= 0.3 is 0 Å². The summed E-state index contributed by atoms with van der Waals surface area (Å²) in [6.45, 7) is 4.59. The predicted octanol–water partition coefficient (Wildman–Crippen LogP) is 0.525. The van der Waals surface area contributed by atoms with Crippen LogP contribution in [0.2, 0.25) is 0 Å². The number of anilines is 1. The van der Waals surface area contributed by atoms with Crippen molar-refractivity contribution in [1.82, 2.24) is 9.80 Å². The van der Waals surface area contributed by atoms with Crippen LogP contribution in [0.3, 0.4) is 0 Å². The average Bonchev–Trinajstić information content (AvgIpc) is 2.69. The highest BCUT2D eigenvalue weighted by molar-refractivity contribution is 5.92. The van der Waals surface area contributed by atoms with Crippen molar-refractivity contribution in [3.63, 3.8) is 0 Å². The highest BCUT2D eigenvalue weighted by atomic mass is 16.5. The van der Waals surface area contributed by atoms with Crippen molar-refractivity contribution < 1.29 is 14.3 Å². The third-order valence-electron chi connectivity index (χ3n) is 5.38. The van der Waals surface area contributed by atoms with Crippen LogP contribution in [0.1, 0.15) is 12.8 Å². The largest absolute Gasteiger partial charge is 0.381 e. The van der Waals surface area contributed by atoms with Crippen molar-refractivity contribution >= 4 is 17.5 Å². The smallest absolute Gasteiger partial charge is 0.238 e. The van der Waals surface area contributed by atoms with Gasteiger partial charge in [-0.1, -0.05) is 18.2 Å². The van der Waals surface area contributed by atoms with Crippen LogP contribution < -0.4 is 11.1 Å². The summed E-state index contributed by atoms with van der Waals surface area (Å²) < 4.78 is 5.39. The Morgan fingerprint density at radius 2 is 1.73 bits per heavy atom. The van der Waals surface area contributed by atoms with Crippen LogP contribution in [-0.4, -0.2) is 74.1 Å². The summed E-state index contributed by atoms with van der Waals surface area (Å²) in [6.07, 6.45) is 1.39. The van der Waals surface area contributed by atoms with E-state index in [9.17, 15) is 9.59 Å². The number of benzene rings is 1. The number of hydrogen-bond donors (Lipinski definition) is 2. The Morgan fingerprint density at radius 1 is 1.08 bits per heavy atom. The molecule has 2 aliphatic heterocycles. The first kappa shape index (κ1) is 18.8. The number of nitrogens with zero attached hydrogens (tertiary/aromatic N) is 2. The van der Waals surface area contributed by atoms with Gasteiger partial charge in [-0.25, -0.2) is 0 Å². The molecule has 7 heteroatoms. The monoisotopic (exact) mass is 360 g/mol. The molecule has 0 radical (unpaired) electrons. The lowest BCUT2D eigenvalue weighted by atomic mass is 9.78. The number of ether oxygens (including phenoxy) is 1. The van der Waals surface area contributed by atoms with E-state index in [-0.39, 0.29) is 11.8 Å². The van der Waals surface area contributed by atoms with Crippen LogP contribution in [-0.2, 0) is 14.3 Å². The molecule has 1 aromatic carbocycles. The topological polar surface area (TPSA) is 87.9 Å². The van der Waals surface area contributed by atoms with Gasteiger partial charge < -0.3 is 20.7 Å². The summed E-state index contributed by atoms with van der Waals surface area (Å²) in [7, 11) is 0. The fourth-order valence-electron chi connectivity index (χ4n) is 3.64. The molecule has 2 fully saturated rings. The summed E-state index contributed by atoms with van der Waals surface area (Å²) in [5.74, 6) is 0.121. The number of rotatable bonds is 5. The summed E-state index contributed by atoms with van der Waals surface area (Å²) in [5, 5.41) is 2.90. The van der Waals surface area contributed by atoms with Gasteiger partial charge in [-0.05, 0) is 25.0 Å². The molecule has 0 spiro atoms. The van der Waals surface area contributed by atoms with Gasteiger partial charge in [0.15, 0.2) is 0 Å².